The molecule has 0 aliphatic carbocycles. The van der Waals surface area contributed by atoms with Crippen LogP contribution < -0.4 is 4.90 Å². The van der Waals surface area contributed by atoms with Crippen LogP contribution in [0.15, 0.2) is 217 Å². The van der Waals surface area contributed by atoms with E-state index in [1.165, 1.54) is 44.2 Å². The zero-order valence-electron chi connectivity index (χ0n) is 29.6. The lowest BCUT2D eigenvalue weighted by atomic mass is 9.97. The van der Waals surface area contributed by atoms with Gasteiger partial charge in [-0.2, -0.15) is 0 Å². The second-order valence-electron chi connectivity index (χ2n) is 13.7. The van der Waals surface area contributed by atoms with Gasteiger partial charge in [0.15, 0.2) is 0 Å². The van der Waals surface area contributed by atoms with Crippen molar-refractivity contribution in [3.8, 4) is 44.5 Å². The Morgan fingerprint density at radius 2 is 0.815 bits per heavy atom. The van der Waals surface area contributed by atoms with Gasteiger partial charge < -0.3 is 9.32 Å². The molecule has 10 rings (SSSR count). The SMILES string of the molecule is c1ccc(-c2ccc(-c3ccccc3N(c3ccc(-c4ccc5ccc(-c6ccccc6)cc5c4)cc3)c3cccc4oc5ccccc5c34)cc2)cc1. The third kappa shape index (κ3) is 5.71. The molecule has 0 unspecified atom stereocenters. The van der Waals surface area contributed by atoms with Crippen molar-refractivity contribution >= 4 is 49.8 Å². The first kappa shape index (κ1) is 31.6. The molecule has 54 heavy (non-hydrogen) atoms. The predicted octanol–water partition coefficient (Wildman–Crippen LogP) is 14.9. The fourth-order valence-electron chi connectivity index (χ4n) is 7.78. The molecule has 0 N–H and O–H groups in total. The Bertz CT molecular complexity index is 2910. The van der Waals surface area contributed by atoms with Crippen LogP contribution in [0.1, 0.15) is 0 Å². The van der Waals surface area contributed by atoms with Crippen LogP contribution in [0, 0.1) is 0 Å². The van der Waals surface area contributed by atoms with Gasteiger partial charge in [0.25, 0.3) is 0 Å². The molecule has 0 fully saturated rings. The van der Waals surface area contributed by atoms with E-state index in [0.717, 1.165) is 50.1 Å². The minimum atomic E-state index is 0.867. The molecule has 0 aliphatic heterocycles. The molecule has 1 aromatic heterocycles. The minimum absolute atomic E-state index is 0.867. The Morgan fingerprint density at radius 3 is 1.54 bits per heavy atom. The summed E-state index contributed by atoms with van der Waals surface area (Å²) in [5, 5.41) is 4.65. The van der Waals surface area contributed by atoms with Crippen molar-refractivity contribution in [1.82, 2.24) is 0 Å². The number of hydrogen-bond acceptors (Lipinski definition) is 2. The standard InChI is InChI=1S/C52H35NO/c1-3-12-36(13-4-1)38-22-26-41(27-23-38)46-16-7-9-18-48(46)53(49-19-11-21-51-52(49)47-17-8-10-20-50(47)54-51)45-32-30-39(31-33-45)43-29-25-40-24-28-42(34-44(40)35-43)37-14-5-2-6-15-37/h1-35H. The number of anilines is 3. The van der Waals surface area contributed by atoms with Crippen molar-refractivity contribution in [2.24, 2.45) is 0 Å². The quantitative estimate of drug-likeness (QED) is 0.166. The lowest BCUT2D eigenvalue weighted by Gasteiger charge is -2.28. The molecule has 2 heteroatoms. The van der Waals surface area contributed by atoms with Crippen LogP contribution in [-0.4, -0.2) is 0 Å². The number of hydrogen-bond donors (Lipinski definition) is 0. The summed E-state index contributed by atoms with van der Waals surface area (Å²) in [5.41, 5.74) is 14.5. The second-order valence-corrected chi connectivity index (χ2v) is 13.7. The maximum atomic E-state index is 6.41. The van der Waals surface area contributed by atoms with Gasteiger partial charge in [0, 0.05) is 16.6 Å². The van der Waals surface area contributed by atoms with Gasteiger partial charge in [-0.3, -0.25) is 0 Å². The van der Waals surface area contributed by atoms with E-state index in [1.807, 2.05) is 12.1 Å². The third-order valence-electron chi connectivity index (χ3n) is 10.5. The van der Waals surface area contributed by atoms with Crippen LogP contribution >= 0.6 is 0 Å². The summed E-state index contributed by atoms with van der Waals surface area (Å²) >= 11 is 0. The van der Waals surface area contributed by atoms with Crippen molar-refractivity contribution in [2.45, 2.75) is 0 Å². The maximum absolute atomic E-state index is 6.41. The summed E-state index contributed by atoms with van der Waals surface area (Å²) in [6.45, 7) is 0. The van der Waals surface area contributed by atoms with Gasteiger partial charge in [-0.15, -0.1) is 0 Å². The van der Waals surface area contributed by atoms with E-state index in [4.69, 9.17) is 4.42 Å². The molecular formula is C52H35NO. The van der Waals surface area contributed by atoms with Crippen LogP contribution in [0.4, 0.5) is 17.1 Å². The van der Waals surface area contributed by atoms with Crippen molar-refractivity contribution in [3.05, 3.63) is 212 Å². The molecule has 0 amide bonds. The molecule has 0 atom stereocenters. The summed E-state index contributed by atoms with van der Waals surface area (Å²) in [6.07, 6.45) is 0. The Kier molecular flexibility index (Phi) is 7.85. The topological polar surface area (TPSA) is 16.4 Å². The Hall–Kier alpha value is -7.16. The summed E-state index contributed by atoms with van der Waals surface area (Å²) in [6, 6.07) is 75.9. The highest BCUT2D eigenvalue weighted by molar-refractivity contribution is 6.14. The normalized spacial score (nSPS) is 11.3. The molecular weight excluding hydrogens is 655 g/mol. The molecule has 2 nitrogen and oxygen atoms in total. The van der Waals surface area contributed by atoms with Crippen molar-refractivity contribution in [3.63, 3.8) is 0 Å². The van der Waals surface area contributed by atoms with Gasteiger partial charge >= 0.3 is 0 Å². The first-order valence-electron chi connectivity index (χ1n) is 18.4. The van der Waals surface area contributed by atoms with Crippen molar-refractivity contribution in [2.75, 3.05) is 4.90 Å². The molecule has 254 valence electrons. The van der Waals surface area contributed by atoms with Gasteiger partial charge in [-0.25, -0.2) is 0 Å². The summed E-state index contributed by atoms with van der Waals surface area (Å²) < 4.78 is 6.41. The number of benzene rings is 9. The third-order valence-corrected chi connectivity index (χ3v) is 10.5. The van der Waals surface area contributed by atoms with Gasteiger partial charge in [0.05, 0.1) is 16.8 Å². The molecule has 0 spiro atoms. The highest BCUT2D eigenvalue weighted by Gasteiger charge is 2.22. The van der Waals surface area contributed by atoms with Crippen LogP contribution in [0.2, 0.25) is 0 Å². The number of rotatable bonds is 7. The van der Waals surface area contributed by atoms with Crippen LogP contribution in [-0.2, 0) is 0 Å². The fraction of sp³-hybridized carbons (Fsp3) is 0. The molecule has 9 aromatic carbocycles. The molecule has 0 saturated heterocycles. The number of para-hydroxylation sites is 2. The molecule has 10 aromatic rings. The molecule has 0 bridgehead atoms. The Labute approximate surface area is 314 Å². The lowest BCUT2D eigenvalue weighted by molar-refractivity contribution is 0.669. The van der Waals surface area contributed by atoms with E-state index >= 15 is 0 Å². The van der Waals surface area contributed by atoms with E-state index < -0.39 is 0 Å². The van der Waals surface area contributed by atoms with Crippen molar-refractivity contribution < 1.29 is 4.42 Å². The molecule has 1 heterocycles. The van der Waals surface area contributed by atoms with Crippen LogP contribution in [0.25, 0.3) is 77.2 Å². The second kappa shape index (κ2) is 13.4. The minimum Gasteiger partial charge on any atom is -0.456 e. The highest BCUT2D eigenvalue weighted by atomic mass is 16.3. The Morgan fingerprint density at radius 1 is 0.315 bits per heavy atom. The molecule has 0 radical (unpaired) electrons. The van der Waals surface area contributed by atoms with Crippen LogP contribution in [0.5, 0.6) is 0 Å². The summed E-state index contributed by atoms with van der Waals surface area (Å²) in [5.74, 6) is 0. The fourth-order valence-corrected chi connectivity index (χ4v) is 7.78. The highest BCUT2D eigenvalue weighted by Crippen LogP contribution is 2.46. The van der Waals surface area contributed by atoms with Gasteiger partial charge in [0.1, 0.15) is 11.2 Å². The van der Waals surface area contributed by atoms with E-state index in [9.17, 15) is 0 Å². The first-order valence-corrected chi connectivity index (χ1v) is 18.4. The smallest absolute Gasteiger partial charge is 0.137 e. The van der Waals surface area contributed by atoms with Gasteiger partial charge in [0.2, 0.25) is 0 Å². The summed E-state index contributed by atoms with van der Waals surface area (Å²) in [4.78, 5) is 2.39. The van der Waals surface area contributed by atoms with E-state index in [2.05, 4.69) is 205 Å². The summed E-state index contributed by atoms with van der Waals surface area (Å²) in [7, 11) is 0. The zero-order chi connectivity index (χ0) is 35.8. The maximum Gasteiger partial charge on any atom is 0.137 e. The van der Waals surface area contributed by atoms with Crippen LogP contribution in [0.3, 0.4) is 0 Å². The van der Waals surface area contributed by atoms with Crippen molar-refractivity contribution in [1.29, 1.82) is 0 Å². The average Bonchev–Trinajstić information content (AvgIpc) is 3.64. The largest absolute Gasteiger partial charge is 0.456 e. The predicted molar refractivity (Wildman–Crippen MR) is 228 cm³/mol. The average molecular weight is 690 g/mol. The Balaban J connectivity index is 1.10. The number of fused-ring (bicyclic) bond motifs is 4. The van der Waals surface area contributed by atoms with Gasteiger partial charge in [-0.05, 0) is 98.2 Å². The molecule has 0 aliphatic rings. The van der Waals surface area contributed by atoms with E-state index in [0.29, 0.717) is 0 Å². The monoisotopic (exact) mass is 689 g/mol. The number of nitrogens with zero attached hydrogens (tertiary/aromatic N) is 1. The lowest BCUT2D eigenvalue weighted by Crippen LogP contribution is -2.11. The van der Waals surface area contributed by atoms with E-state index in [-0.39, 0.29) is 0 Å². The number of furan rings is 1. The zero-order valence-corrected chi connectivity index (χ0v) is 29.6. The first-order chi connectivity index (χ1) is 26.8. The molecule has 0 saturated carbocycles. The van der Waals surface area contributed by atoms with E-state index in [1.54, 1.807) is 0 Å². The van der Waals surface area contributed by atoms with Gasteiger partial charge in [-0.1, -0.05) is 164 Å².